The van der Waals surface area contributed by atoms with Gasteiger partial charge in [0.05, 0.1) is 12.2 Å². The summed E-state index contributed by atoms with van der Waals surface area (Å²) in [6, 6.07) is 0.520. The zero-order valence-electron chi connectivity index (χ0n) is 14.9. The number of nitrogens with zero attached hydrogens (tertiary/aromatic N) is 3. The molecule has 3 heterocycles. The Morgan fingerprint density at radius 3 is 2.33 bits per heavy atom. The van der Waals surface area contributed by atoms with Crippen molar-refractivity contribution in [3.8, 4) is 0 Å². The third kappa shape index (κ3) is 3.01. The van der Waals surface area contributed by atoms with E-state index in [2.05, 4.69) is 15.2 Å². The first kappa shape index (κ1) is 16.2. The molecule has 3 aliphatic heterocycles. The van der Waals surface area contributed by atoms with Gasteiger partial charge in [-0.3, -0.25) is 4.79 Å². The lowest BCUT2D eigenvalue weighted by Gasteiger charge is -2.26. The highest BCUT2D eigenvalue weighted by Gasteiger charge is 2.53. The standard InChI is InChI=1S/C18H30N4O2/c1-21(2)17(23)9-19-18(20-12-5-3-4-6-12)22-10-13-14(11-22)16-8-7-15(13)24-16/h12-16H,3-11H2,1-2H3,(H,19,20). The van der Waals surface area contributed by atoms with E-state index in [9.17, 15) is 4.79 Å². The number of ether oxygens (including phenoxy) is 1. The fraction of sp³-hybridized carbons (Fsp3) is 0.889. The van der Waals surface area contributed by atoms with Crippen LogP contribution in [-0.4, -0.2) is 73.6 Å². The number of hydrogen-bond acceptors (Lipinski definition) is 3. The number of hydrogen-bond donors (Lipinski definition) is 1. The molecule has 1 amide bonds. The zero-order valence-corrected chi connectivity index (χ0v) is 14.9. The number of rotatable bonds is 3. The Balaban J connectivity index is 1.45. The van der Waals surface area contributed by atoms with Crippen LogP contribution in [0.15, 0.2) is 4.99 Å². The molecule has 0 aromatic carbocycles. The topological polar surface area (TPSA) is 57.2 Å². The van der Waals surface area contributed by atoms with Crippen molar-refractivity contribution in [3.63, 3.8) is 0 Å². The van der Waals surface area contributed by atoms with E-state index in [0.717, 1.165) is 19.0 Å². The van der Waals surface area contributed by atoms with Gasteiger partial charge in [0.1, 0.15) is 6.54 Å². The van der Waals surface area contributed by atoms with Crippen LogP contribution in [0.5, 0.6) is 0 Å². The van der Waals surface area contributed by atoms with Gasteiger partial charge in [0.2, 0.25) is 5.91 Å². The molecule has 0 aromatic heterocycles. The third-order valence-electron chi connectivity index (χ3n) is 6.30. The highest BCUT2D eigenvalue weighted by molar-refractivity contribution is 5.85. The lowest BCUT2D eigenvalue weighted by Crippen LogP contribution is -2.45. The van der Waals surface area contributed by atoms with Crippen LogP contribution in [0.4, 0.5) is 0 Å². The van der Waals surface area contributed by atoms with E-state index < -0.39 is 0 Å². The maximum atomic E-state index is 12.0. The van der Waals surface area contributed by atoms with Crippen molar-refractivity contribution in [2.24, 2.45) is 16.8 Å². The SMILES string of the molecule is CN(C)C(=O)CN=C(NC1CCCC1)N1CC2C3CCC(O3)C2C1. The van der Waals surface area contributed by atoms with E-state index in [-0.39, 0.29) is 12.5 Å². The van der Waals surface area contributed by atoms with Gasteiger partial charge in [0.15, 0.2) is 5.96 Å². The number of carbonyl (C=O) groups is 1. The fourth-order valence-corrected chi connectivity index (χ4v) is 4.91. The largest absolute Gasteiger partial charge is 0.374 e. The number of fused-ring (bicyclic) bond motifs is 5. The average Bonchev–Trinajstić information content (AvgIpc) is 3.32. The van der Waals surface area contributed by atoms with Crippen LogP contribution in [0, 0.1) is 11.8 Å². The van der Waals surface area contributed by atoms with E-state index in [1.54, 1.807) is 19.0 Å². The minimum Gasteiger partial charge on any atom is -0.374 e. The van der Waals surface area contributed by atoms with Crippen molar-refractivity contribution in [2.45, 2.75) is 56.8 Å². The Bertz CT molecular complexity index is 497. The monoisotopic (exact) mass is 334 g/mol. The highest BCUT2D eigenvalue weighted by Crippen LogP contribution is 2.47. The Labute approximate surface area is 144 Å². The lowest BCUT2D eigenvalue weighted by molar-refractivity contribution is -0.127. The quantitative estimate of drug-likeness (QED) is 0.620. The average molecular weight is 334 g/mol. The molecule has 0 radical (unpaired) electrons. The van der Waals surface area contributed by atoms with Crippen LogP contribution in [0.2, 0.25) is 0 Å². The minimum absolute atomic E-state index is 0.0588. The van der Waals surface area contributed by atoms with E-state index in [1.807, 2.05) is 0 Å². The molecule has 4 aliphatic rings. The third-order valence-corrected chi connectivity index (χ3v) is 6.30. The van der Waals surface area contributed by atoms with Gasteiger partial charge in [-0.15, -0.1) is 0 Å². The molecule has 4 unspecified atom stereocenters. The van der Waals surface area contributed by atoms with Crippen LogP contribution in [0.3, 0.4) is 0 Å². The molecule has 4 atom stereocenters. The first-order valence-electron chi connectivity index (χ1n) is 9.53. The Morgan fingerprint density at radius 2 is 1.75 bits per heavy atom. The summed E-state index contributed by atoms with van der Waals surface area (Å²) < 4.78 is 6.08. The highest BCUT2D eigenvalue weighted by atomic mass is 16.5. The molecule has 24 heavy (non-hydrogen) atoms. The summed E-state index contributed by atoms with van der Waals surface area (Å²) in [5.74, 6) is 2.32. The number of nitrogens with one attached hydrogen (secondary N) is 1. The summed E-state index contributed by atoms with van der Waals surface area (Å²) in [7, 11) is 3.58. The molecule has 4 fully saturated rings. The van der Waals surface area contributed by atoms with E-state index >= 15 is 0 Å². The number of carbonyl (C=O) groups excluding carboxylic acids is 1. The summed E-state index contributed by atoms with van der Waals surface area (Å²) in [6.07, 6.45) is 8.39. The smallest absolute Gasteiger partial charge is 0.243 e. The minimum atomic E-state index is 0.0588. The summed E-state index contributed by atoms with van der Waals surface area (Å²) in [6.45, 7) is 2.29. The molecule has 2 bridgehead atoms. The Kier molecular flexibility index (Phi) is 4.41. The first-order chi connectivity index (χ1) is 11.6. The van der Waals surface area contributed by atoms with Crippen molar-refractivity contribution >= 4 is 11.9 Å². The molecule has 6 nitrogen and oxygen atoms in total. The molecule has 1 saturated carbocycles. The number of aliphatic imine (C=N–C) groups is 1. The second kappa shape index (κ2) is 6.54. The molecule has 134 valence electrons. The summed E-state index contributed by atoms with van der Waals surface area (Å²) in [5, 5.41) is 3.66. The zero-order chi connectivity index (χ0) is 16.7. The summed E-state index contributed by atoms with van der Waals surface area (Å²) >= 11 is 0. The number of likely N-dealkylation sites (N-methyl/N-ethyl adjacent to an activating group) is 1. The van der Waals surface area contributed by atoms with Crippen LogP contribution in [0.25, 0.3) is 0 Å². The molecule has 0 aromatic rings. The first-order valence-corrected chi connectivity index (χ1v) is 9.53. The van der Waals surface area contributed by atoms with Crippen LogP contribution in [-0.2, 0) is 9.53 Å². The van der Waals surface area contributed by atoms with Gasteiger partial charge in [-0.1, -0.05) is 12.8 Å². The van der Waals surface area contributed by atoms with Gasteiger partial charge in [0, 0.05) is 45.1 Å². The van der Waals surface area contributed by atoms with Gasteiger partial charge in [-0.05, 0) is 25.7 Å². The second-order valence-corrected chi connectivity index (χ2v) is 8.08. The van der Waals surface area contributed by atoms with Crippen molar-refractivity contribution in [3.05, 3.63) is 0 Å². The van der Waals surface area contributed by atoms with E-state index in [0.29, 0.717) is 30.1 Å². The van der Waals surface area contributed by atoms with Gasteiger partial charge in [0.25, 0.3) is 0 Å². The van der Waals surface area contributed by atoms with Crippen molar-refractivity contribution < 1.29 is 9.53 Å². The predicted molar refractivity (Wildman–Crippen MR) is 92.8 cm³/mol. The van der Waals surface area contributed by atoms with Crippen LogP contribution in [0.1, 0.15) is 38.5 Å². The molecule has 6 heteroatoms. The molecular formula is C18H30N4O2. The van der Waals surface area contributed by atoms with Gasteiger partial charge in [-0.25, -0.2) is 4.99 Å². The molecule has 3 saturated heterocycles. The maximum Gasteiger partial charge on any atom is 0.243 e. The summed E-state index contributed by atoms with van der Waals surface area (Å²) in [5.41, 5.74) is 0. The van der Waals surface area contributed by atoms with Gasteiger partial charge in [-0.2, -0.15) is 0 Å². The fourth-order valence-electron chi connectivity index (χ4n) is 4.91. The van der Waals surface area contributed by atoms with E-state index in [1.165, 1.54) is 38.5 Å². The van der Waals surface area contributed by atoms with Gasteiger partial charge < -0.3 is 19.9 Å². The molecule has 1 aliphatic carbocycles. The van der Waals surface area contributed by atoms with Crippen LogP contribution < -0.4 is 5.32 Å². The number of amides is 1. The molecular weight excluding hydrogens is 304 g/mol. The molecule has 4 rings (SSSR count). The lowest BCUT2D eigenvalue weighted by atomic mass is 9.82. The van der Waals surface area contributed by atoms with Crippen molar-refractivity contribution in [2.75, 3.05) is 33.7 Å². The second-order valence-electron chi connectivity index (χ2n) is 8.08. The van der Waals surface area contributed by atoms with Crippen molar-refractivity contribution in [1.82, 2.24) is 15.1 Å². The molecule has 0 spiro atoms. The number of likely N-dealkylation sites (tertiary alicyclic amines) is 1. The van der Waals surface area contributed by atoms with Crippen molar-refractivity contribution in [1.29, 1.82) is 0 Å². The Morgan fingerprint density at radius 1 is 1.12 bits per heavy atom. The van der Waals surface area contributed by atoms with Gasteiger partial charge >= 0.3 is 0 Å². The maximum absolute atomic E-state index is 12.0. The van der Waals surface area contributed by atoms with E-state index in [4.69, 9.17) is 4.74 Å². The summed E-state index contributed by atoms with van der Waals surface area (Å²) in [4.78, 5) is 20.7. The predicted octanol–water partition coefficient (Wildman–Crippen LogP) is 1.07. The molecule has 1 N–H and O–H groups in total. The number of guanidine groups is 1. The van der Waals surface area contributed by atoms with Crippen LogP contribution >= 0.6 is 0 Å². The Hall–Kier alpha value is -1.30. The normalized spacial score (nSPS) is 35.6.